The summed E-state index contributed by atoms with van der Waals surface area (Å²) in [6.45, 7) is 3.64. The molecular formula is C13H16BrFN2O3. The molecule has 0 aliphatic heterocycles. The number of carbonyl (C=O) groups excluding carboxylic acids is 1. The van der Waals surface area contributed by atoms with Gasteiger partial charge in [0.2, 0.25) is 0 Å². The lowest BCUT2D eigenvalue weighted by Crippen LogP contribution is -2.42. The highest BCUT2D eigenvalue weighted by atomic mass is 79.9. The zero-order valence-corrected chi connectivity index (χ0v) is 12.7. The minimum absolute atomic E-state index is 0.0168. The number of rotatable bonds is 5. The van der Waals surface area contributed by atoms with E-state index in [0.717, 1.165) is 0 Å². The minimum atomic E-state index is -0.978. The van der Waals surface area contributed by atoms with E-state index >= 15 is 0 Å². The third-order valence-electron chi connectivity index (χ3n) is 2.69. The van der Waals surface area contributed by atoms with Crippen LogP contribution >= 0.6 is 15.9 Å². The van der Waals surface area contributed by atoms with Crippen LogP contribution in [0.4, 0.5) is 14.9 Å². The zero-order valence-electron chi connectivity index (χ0n) is 11.1. The topological polar surface area (TPSA) is 78.4 Å². The number of nitrogens with one attached hydrogen (secondary N) is 2. The van der Waals surface area contributed by atoms with Crippen LogP contribution in [0.1, 0.15) is 20.3 Å². The Hall–Kier alpha value is -1.63. The van der Waals surface area contributed by atoms with Crippen molar-refractivity contribution in [3.63, 3.8) is 0 Å². The van der Waals surface area contributed by atoms with E-state index in [-0.39, 0.29) is 16.8 Å². The van der Waals surface area contributed by atoms with Crippen molar-refractivity contribution in [3.05, 3.63) is 28.5 Å². The second kappa shape index (κ2) is 7.23. The van der Waals surface area contributed by atoms with Gasteiger partial charge in [-0.1, -0.05) is 13.8 Å². The summed E-state index contributed by atoms with van der Waals surface area (Å²) in [5.74, 6) is -1.42. The van der Waals surface area contributed by atoms with E-state index in [1.54, 1.807) is 0 Å². The van der Waals surface area contributed by atoms with Gasteiger partial charge in [-0.05, 0) is 40.0 Å². The number of urea groups is 1. The normalized spacial score (nSPS) is 12.1. The van der Waals surface area contributed by atoms with Gasteiger partial charge in [-0.3, -0.25) is 4.79 Å². The standard InChI is InChI=1S/C13H16BrFN2O3/c1-7(2)11(6-12(18)19)17-13(20)16-8-3-4-10(15)9(14)5-8/h3-5,7,11H,6H2,1-2H3,(H,18,19)(H2,16,17,20). The maximum absolute atomic E-state index is 13.1. The van der Waals surface area contributed by atoms with E-state index in [0.29, 0.717) is 5.69 Å². The van der Waals surface area contributed by atoms with Crippen LogP contribution in [0, 0.1) is 11.7 Å². The van der Waals surface area contributed by atoms with Gasteiger partial charge in [-0.15, -0.1) is 0 Å². The molecule has 1 atom stereocenters. The van der Waals surface area contributed by atoms with Crippen molar-refractivity contribution >= 4 is 33.6 Å². The van der Waals surface area contributed by atoms with E-state index in [4.69, 9.17) is 5.11 Å². The van der Waals surface area contributed by atoms with Crippen molar-refractivity contribution in [3.8, 4) is 0 Å². The fourth-order valence-electron chi connectivity index (χ4n) is 1.55. The predicted molar refractivity (Wildman–Crippen MR) is 77.1 cm³/mol. The number of hydrogen-bond acceptors (Lipinski definition) is 2. The molecule has 7 heteroatoms. The number of benzene rings is 1. The maximum atomic E-state index is 13.1. The number of carboxylic acid groups (broad SMARTS) is 1. The summed E-state index contributed by atoms with van der Waals surface area (Å²) in [4.78, 5) is 22.5. The predicted octanol–water partition coefficient (Wildman–Crippen LogP) is 3.21. The number of anilines is 1. The summed E-state index contributed by atoms with van der Waals surface area (Å²) in [6.07, 6.45) is -0.155. The average Bonchev–Trinajstić information content (AvgIpc) is 2.32. The number of halogens is 2. The van der Waals surface area contributed by atoms with Gasteiger partial charge in [0.1, 0.15) is 5.82 Å². The zero-order chi connectivity index (χ0) is 15.3. The van der Waals surface area contributed by atoms with Gasteiger partial charge >= 0.3 is 12.0 Å². The third kappa shape index (κ3) is 5.16. The van der Waals surface area contributed by atoms with Crippen LogP contribution in [0.2, 0.25) is 0 Å². The molecule has 0 radical (unpaired) electrons. The van der Waals surface area contributed by atoms with E-state index in [2.05, 4.69) is 26.6 Å². The van der Waals surface area contributed by atoms with E-state index in [9.17, 15) is 14.0 Å². The van der Waals surface area contributed by atoms with Gasteiger partial charge in [0.05, 0.1) is 10.9 Å². The van der Waals surface area contributed by atoms with Crippen LogP contribution in [-0.4, -0.2) is 23.1 Å². The first-order valence-corrected chi connectivity index (χ1v) is 6.83. The Morgan fingerprint density at radius 1 is 1.40 bits per heavy atom. The first-order valence-electron chi connectivity index (χ1n) is 6.04. The summed E-state index contributed by atoms with van der Waals surface area (Å²) in [5.41, 5.74) is 0.411. The Labute approximate surface area is 124 Å². The Morgan fingerprint density at radius 3 is 2.55 bits per heavy atom. The van der Waals surface area contributed by atoms with Crippen LogP contribution < -0.4 is 10.6 Å². The first kappa shape index (κ1) is 16.4. The molecular weight excluding hydrogens is 331 g/mol. The van der Waals surface area contributed by atoms with Gasteiger partial charge in [0, 0.05) is 11.7 Å². The number of carbonyl (C=O) groups is 2. The smallest absolute Gasteiger partial charge is 0.319 e. The molecule has 20 heavy (non-hydrogen) atoms. The van der Waals surface area contributed by atoms with E-state index in [1.165, 1.54) is 18.2 Å². The average molecular weight is 347 g/mol. The molecule has 0 heterocycles. The molecule has 1 aromatic rings. The van der Waals surface area contributed by atoms with Crippen molar-refractivity contribution in [2.45, 2.75) is 26.3 Å². The number of carboxylic acids is 1. The SMILES string of the molecule is CC(C)C(CC(=O)O)NC(=O)Nc1ccc(F)c(Br)c1. The molecule has 0 aromatic heterocycles. The highest BCUT2D eigenvalue weighted by molar-refractivity contribution is 9.10. The molecule has 1 aromatic carbocycles. The van der Waals surface area contributed by atoms with Crippen molar-refractivity contribution in [1.82, 2.24) is 5.32 Å². The first-order chi connectivity index (χ1) is 9.29. The molecule has 110 valence electrons. The molecule has 0 aliphatic rings. The molecule has 2 amide bonds. The Balaban J connectivity index is 2.65. The second-order valence-corrected chi connectivity index (χ2v) is 5.53. The Bertz CT molecular complexity index is 508. The van der Waals surface area contributed by atoms with Crippen LogP contribution in [0.15, 0.2) is 22.7 Å². The summed E-state index contributed by atoms with van der Waals surface area (Å²) >= 11 is 3.02. The second-order valence-electron chi connectivity index (χ2n) is 4.68. The fourth-order valence-corrected chi connectivity index (χ4v) is 1.93. The molecule has 0 saturated heterocycles. The minimum Gasteiger partial charge on any atom is -0.481 e. The highest BCUT2D eigenvalue weighted by Crippen LogP contribution is 2.20. The lowest BCUT2D eigenvalue weighted by molar-refractivity contribution is -0.137. The maximum Gasteiger partial charge on any atom is 0.319 e. The van der Waals surface area contributed by atoms with Crippen molar-refractivity contribution in [2.75, 3.05) is 5.32 Å². The van der Waals surface area contributed by atoms with Crippen LogP contribution in [0.25, 0.3) is 0 Å². The molecule has 0 aliphatic carbocycles. The molecule has 0 saturated carbocycles. The van der Waals surface area contributed by atoms with Crippen LogP contribution in [0.5, 0.6) is 0 Å². The highest BCUT2D eigenvalue weighted by Gasteiger charge is 2.19. The van der Waals surface area contributed by atoms with E-state index in [1.807, 2.05) is 13.8 Å². The van der Waals surface area contributed by atoms with Gasteiger partial charge in [-0.25, -0.2) is 9.18 Å². The third-order valence-corrected chi connectivity index (χ3v) is 3.30. The molecule has 0 fully saturated rings. The molecule has 0 spiro atoms. The Kier molecular flexibility index (Phi) is 5.94. The Morgan fingerprint density at radius 2 is 2.05 bits per heavy atom. The van der Waals surface area contributed by atoms with Gasteiger partial charge in [0.25, 0.3) is 0 Å². The summed E-state index contributed by atoms with van der Waals surface area (Å²) in [6, 6.07) is 3.06. The van der Waals surface area contributed by atoms with E-state index < -0.39 is 23.9 Å². The summed E-state index contributed by atoms with van der Waals surface area (Å²) in [5, 5.41) is 13.9. The van der Waals surface area contributed by atoms with Gasteiger partial charge < -0.3 is 15.7 Å². The lowest BCUT2D eigenvalue weighted by Gasteiger charge is -2.20. The monoisotopic (exact) mass is 346 g/mol. The molecule has 3 N–H and O–H groups in total. The fraction of sp³-hybridized carbons (Fsp3) is 0.385. The van der Waals surface area contributed by atoms with Crippen molar-refractivity contribution in [1.29, 1.82) is 0 Å². The number of aliphatic carboxylic acids is 1. The lowest BCUT2D eigenvalue weighted by atomic mass is 10.0. The molecule has 1 rings (SSSR count). The van der Waals surface area contributed by atoms with Crippen LogP contribution in [0.3, 0.4) is 0 Å². The molecule has 0 bridgehead atoms. The van der Waals surface area contributed by atoms with Crippen LogP contribution in [-0.2, 0) is 4.79 Å². The molecule has 5 nitrogen and oxygen atoms in total. The molecule has 1 unspecified atom stereocenters. The summed E-state index contributed by atoms with van der Waals surface area (Å²) in [7, 11) is 0. The van der Waals surface area contributed by atoms with Crippen molar-refractivity contribution < 1.29 is 19.1 Å². The van der Waals surface area contributed by atoms with Gasteiger partial charge in [0.15, 0.2) is 0 Å². The quantitative estimate of drug-likeness (QED) is 0.765. The summed E-state index contributed by atoms with van der Waals surface area (Å²) < 4.78 is 13.3. The largest absolute Gasteiger partial charge is 0.481 e. The number of hydrogen-bond donors (Lipinski definition) is 3. The van der Waals surface area contributed by atoms with Crippen molar-refractivity contribution in [2.24, 2.45) is 5.92 Å². The number of amides is 2. The van der Waals surface area contributed by atoms with Gasteiger partial charge in [-0.2, -0.15) is 0 Å².